The highest BCUT2D eigenvalue weighted by molar-refractivity contribution is 4.94. The van der Waals surface area contributed by atoms with E-state index in [1.807, 2.05) is 0 Å². The van der Waals surface area contributed by atoms with Gasteiger partial charge >= 0.3 is 0 Å². The molecule has 2 heteroatoms. The first-order valence-corrected chi connectivity index (χ1v) is 4.37. The van der Waals surface area contributed by atoms with Crippen molar-refractivity contribution in [3.8, 4) is 0 Å². The molecule has 1 fully saturated rings. The highest BCUT2D eigenvalue weighted by atomic mass is 16.3. The highest BCUT2D eigenvalue weighted by Crippen LogP contribution is 2.45. The second-order valence-corrected chi connectivity index (χ2v) is 4.50. The van der Waals surface area contributed by atoms with Crippen molar-refractivity contribution in [1.29, 1.82) is 0 Å². The minimum Gasteiger partial charge on any atom is -0.392 e. The molecule has 0 bridgehead atoms. The molecule has 0 heterocycles. The SMILES string of the molecule is CC1CC(C)(C)C(CN)C1O. The summed E-state index contributed by atoms with van der Waals surface area (Å²) in [7, 11) is 0. The zero-order chi connectivity index (χ0) is 8.65. The van der Waals surface area contributed by atoms with Gasteiger partial charge in [0.2, 0.25) is 0 Å². The van der Waals surface area contributed by atoms with E-state index in [9.17, 15) is 5.11 Å². The third-order valence-electron chi connectivity index (χ3n) is 3.10. The zero-order valence-corrected chi connectivity index (χ0v) is 7.67. The smallest absolute Gasteiger partial charge is 0.0611 e. The Kier molecular flexibility index (Phi) is 2.26. The maximum absolute atomic E-state index is 9.71. The van der Waals surface area contributed by atoms with Gasteiger partial charge in [0.05, 0.1) is 6.10 Å². The van der Waals surface area contributed by atoms with Gasteiger partial charge in [0.25, 0.3) is 0 Å². The largest absolute Gasteiger partial charge is 0.392 e. The van der Waals surface area contributed by atoms with E-state index in [0.29, 0.717) is 12.5 Å². The normalized spacial score (nSPS) is 42.8. The van der Waals surface area contributed by atoms with E-state index >= 15 is 0 Å². The van der Waals surface area contributed by atoms with Gasteiger partial charge in [-0.15, -0.1) is 0 Å². The van der Waals surface area contributed by atoms with Crippen molar-refractivity contribution in [3.63, 3.8) is 0 Å². The molecule has 0 aromatic carbocycles. The molecule has 1 saturated carbocycles. The molecule has 1 rings (SSSR count). The molecular weight excluding hydrogens is 138 g/mol. The summed E-state index contributed by atoms with van der Waals surface area (Å²) in [4.78, 5) is 0. The Morgan fingerprint density at radius 2 is 2.09 bits per heavy atom. The Morgan fingerprint density at radius 3 is 2.27 bits per heavy atom. The van der Waals surface area contributed by atoms with Gasteiger partial charge in [-0.25, -0.2) is 0 Å². The summed E-state index contributed by atoms with van der Waals surface area (Å²) < 4.78 is 0. The summed E-state index contributed by atoms with van der Waals surface area (Å²) >= 11 is 0. The van der Waals surface area contributed by atoms with Crippen LogP contribution in [0.25, 0.3) is 0 Å². The molecule has 0 saturated heterocycles. The maximum Gasteiger partial charge on any atom is 0.0611 e. The first kappa shape index (κ1) is 9.01. The van der Waals surface area contributed by atoms with Crippen LogP contribution in [0.3, 0.4) is 0 Å². The van der Waals surface area contributed by atoms with Gasteiger partial charge in [0.1, 0.15) is 0 Å². The fourth-order valence-electron chi connectivity index (χ4n) is 2.42. The topological polar surface area (TPSA) is 46.2 Å². The lowest BCUT2D eigenvalue weighted by Gasteiger charge is -2.26. The Labute approximate surface area is 68.8 Å². The number of aliphatic hydroxyl groups excluding tert-OH is 1. The Bertz CT molecular complexity index is 144. The van der Waals surface area contributed by atoms with Crippen molar-refractivity contribution in [2.24, 2.45) is 23.0 Å². The Balaban J connectivity index is 2.73. The second-order valence-electron chi connectivity index (χ2n) is 4.50. The minimum atomic E-state index is -0.185. The Hall–Kier alpha value is -0.0800. The van der Waals surface area contributed by atoms with Crippen LogP contribution in [-0.4, -0.2) is 17.8 Å². The highest BCUT2D eigenvalue weighted by Gasteiger charge is 2.44. The molecule has 0 spiro atoms. The number of hydrogen-bond donors (Lipinski definition) is 2. The van der Waals surface area contributed by atoms with Crippen LogP contribution in [0, 0.1) is 17.3 Å². The van der Waals surface area contributed by atoms with Crippen LogP contribution in [0.1, 0.15) is 27.2 Å². The van der Waals surface area contributed by atoms with Gasteiger partial charge in [-0.2, -0.15) is 0 Å². The average molecular weight is 157 g/mol. The molecular formula is C9H19NO. The molecule has 66 valence electrons. The van der Waals surface area contributed by atoms with E-state index < -0.39 is 0 Å². The standard InChI is InChI=1S/C9H19NO/c1-6-4-9(2,3)7(5-10)8(6)11/h6-8,11H,4-5,10H2,1-3H3. The number of hydrogen-bond acceptors (Lipinski definition) is 2. The number of nitrogens with two attached hydrogens (primary N) is 1. The van der Waals surface area contributed by atoms with E-state index in [2.05, 4.69) is 20.8 Å². The van der Waals surface area contributed by atoms with Gasteiger partial charge in [-0.05, 0) is 24.3 Å². The molecule has 3 N–H and O–H groups in total. The van der Waals surface area contributed by atoms with E-state index in [4.69, 9.17) is 5.73 Å². The maximum atomic E-state index is 9.71. The van der Waals surface area contributed by atoms with Crippen molar-refractivity contribution in [3.05, 3.63) is 0 Å². The van der Waals surface area contributed by atoms with E-state index in [-0.39, 0.29) is 17.4 Å². The van der Waals surface area contributed by atoms with Crippen LogP contribution in [0.2, 0.25) is 0 Å². The molecule has 11 heavy (non-hydrogen) atoms. The first-order chi connectivity index (χ1) is 4.99. The average Bonchev–Trinajstić information content (AvgIpc) is 2.03. The summed E-state index contributed by atoms with van der Waals surface area (Å²) in [6.07, 6.45) is 0.908. The van der Waals surface area contributed by atoms with Gasteiger partial charge in [-0.1, -0.05) is 20.8 Å². The second kappa shape index (κ2) is 2.76. The fraction of sp³-hybridized carbons (Fsp3) is 1.00. The molecule has 0 radical (unpaired) electrons. The van der Waals surface area contributed by atoms with Crippen molar-refractivity contribution < 1.29 is 5.11 Å². The summed E-state index contributed by atoms with van der Waals surface area (Å²) in [5.74, 6) is 0.705. The third kappa shape index (κ3) is 1.42. The van der Waals surface area contributed by atoms with Crippen LogP contribution in [0.4, 0.5) is 0 Å². The summed E-state index contributed by atoms with van der Waals surface area (Å²) in [5, 5.41) is 9.71. The molecule has 1 aliphatic rings. The first-order valence-electron chi connectivity index (χ1n) is 4.37. The van der Waals surface area contributed by atoms with Gasteiger partial charge in [-0.3, -0.25) is 0 Å². The number of aliphatic hydroxyl groups is 1. The van der Waals surface area contributed by atoms with Crippen LogP contribution >= 0.6 is 0 Å². The van der Waals surface area contributed by atoms with Gasteiger partial charge in [0, 0.05) is 5.92 Å². The van der Waals surface area contributed by atoms with Crippen LogP contribution < -0.4 is 5.73 Å². The van der Waals surface area contributed by atoms with Crippen LogP contribution in [0.15, 0.2) is 0 Å². The molecule has 0 aromatic rings. The van der Waals surface area contributed by atoms with Gasteiger partial charge < -0.3 is 10.8 Å². The lowest BCUT2D eigenvalue weighted by molar-refractivity contribution is 0.0785. The van der Waals surface area contributed by atoms with E-state index in [1.165, 1.54) is 0 Å². The van der Waals surface area contributed by atoms with Crippen molar-refractivity contribution >= 4 is 0 Å². The summed E-state index contributed by atoms with van der Waals surface area (Å²) in [6, 6.07) is 0. The minimum absolute atomic E-state index is 0.185. The molecule has 1 aliphatic carbocycles. The third-order valence-corrected chi connectivity index (χ3v) is 3.10. The summed E-state index contributed by atoms with van der Waals surface area (Å²) in [5.41, 5.74) is 5.83. The number of rotatable bonds is 1. The van der Waals surface area contributed by atoms with Crippen molar-refractivity contribution in [2.45, 2.75) is 33.3 Å². The van der Waals surface area contributed by atoms with Crippen LogP contribution in [0.5, 0.6) is 0 Å². The zero-order valence-electron chi connectivity index (χ0n) is 7.67. The molecule has 2 nitrogen and oxygen atoms in total. The molecule has 0 aliphatic heterocycles. The molecule has 0 amide bonds. The van der Waals surface area contributed by atoms with Crippen molar-refractivity contribution in [2.75, 3.05) is 6.54 Å². The fourth-order valence-corrected chi connectivity index (χ4v) is 2.42. The molecule has 0 aromatic heterocycles. The lowest BCUT2D eigenvalue weighted by atomic mass is 9.81. The Morgan fingerprint density at radius 1 is 1.55 bits per heavy atom. The van der Waals surface area contributed by atoms with Crippen LogP contribution in [-0.2, 0) is 0 Å². The predicted molar refractivity (Wildman–Crippen MR) is 46.1 cm³/mol. The predicted octanol–water partition coefficient (Wildman–Crippen LogP) is 0.988. The van der Waals surface area contributed by atoms with Gasteiger partial charge in [0.15, 0.2) is 0 Å². The lowest BCUT2D eigenvalue weighted by Crippen LogP contribution is -2.33. The monoisotopic (exact) mass is 157 g/mol. The van der Waals surface area contributed by atoms with Crippen molar-refractivity contribution in [1.82, 2.24) is 0 Å². The molecule has 3 unspecified atom stereocenters. The van der Waals surface area contributed by atoms with E-state index in [0.717, 1.165) is 6.42 Å². The summed E-state index contributed by atoms with van der Waals surface area (Å²) in [6.45, 7) is 7.09. The van der Waals surface area contributed by atoms with E-state index in [1.54, 1.807) is 0 Å². The quantitative estimate of drug-likeness (QED) is 0.596. The molecule has 3 atom stereocenters.